The third-order valence-corrected chi connectivity index (χ3v) is 6.89. The number of aliphatic imine (C=N–C) groups is 2. The molecule has 33 heavy (non-hydrogen) atoms. The molecule has 0 unspecified atom stereocenters. The molecular weight excluding hydrogens is 432 g/mol. The highest BCUT2D eigenvalue weighted by atomic mass is 32.2. The fourth-order valence-electron chi connectivity index (χ4n) is 4.18. The summed E-state index contributed by atoms with van der Waals surface area (Å²) in [6.45, 7) is 7.88. The first-order valence-electron chi connectivity index (χ1n) is 11.3. The third kappa shape index (κ3) is 5.08. The number of piperidine rings is 1. The van der Waals surface area contributed by atoms with Crippen LogP contribution in [0, 0.1) is 0 Å². The van der Waals surface area contributed by atoms with Crippen LogP contribution in [0.4, 0.5) is 10.5 Å². The standard InChI is InChI=1S/C26H32N4O2S/c1-25(2,3)19-11-9-18(10-12-19)22-23(33-5)29-26(28-22)13-15-30(16-14-26)24(31)27-20-7-6-8-21(17-20)32-4/h6-12,17H,13-16H2,1-5H3,(H,27,31). The van der Waals surface area contributed by atoms with E-state index in [1.807, 2.05) is 35.4 Å². The smallest absolute Gasteiger partial charge is 0.321 e. The molecule has 2 aromatic carbocycles. The van der Waals surface area contributed by atoms with Crippen LogP contribution in [-0.2, 0) is 5.41 Å². The van der Waals surface area contributed by atoms with Gasteiger partial charge in [0, 0.05) is 43.2 Å². The van der Waals surface area contributed by atoms with E-state index < -0.39 is 5.66 Å². The lowest BCUT2D eigenvalue weighted by Gasteiger charge is -2.35. The van der Waals surface area contributed by atoms with Gasteiger partial charge >= 0.3 is 6.03 Å². The molecule has 7 heteroatoms. The zero-order valence-corrected chi connectivity index (χ0v) is 20.8. The molecule has 2 heterocycles. The Kier molecular flexibility index (Phi) is 6.52. The van der Waals surface area contributed by atoms with Crippen LogP contribution in [0.5, 0.6) is 5.75 Å². The number of amides is 2. The number of methoxy groups -OCH3 is 1. The van der Waals surface area contributed by atoms with E-state index in [0.29, 0.717) is 31.7 Å². The Bertz CT molecular complexity index is 1080. The summed E-state index contributed by atoms with van der Waals surface area (Å²) in [5.41, 5.74) is 3.75. The van der Waals surface area contributed by atoms with Crippen LogP contribution in [0.1, 0.15) is 44.7 Å². The second-order valence-electron chi connectivity index (χ2n) is 9.54. The Morgan fingerprint density at radius 1 is 1.09 bits per heavy atom. The average Bonchev–Trinajstić information content (AvgIpc) is 3.17. The summed E-state index contributed by atoms with van der Waals surface area (Å²) in [7, 11) is 1.61. The minimum atomic E-state index is -0.469. The molecular formula is C26H32N4O2S. The number of likely N-dealkylation sites (tertiary alicyclic amines) is 1. The summed E-state index contributed by atoms with van der Waals surface area (Å²) < 4.78 is 5.24. The SMILES string of the molecule is COc1cccc(NC(=O)N2CCC3(CC2)N=C(SC)C(c2ccc(C(C)(C)C)cc2)=N3)c1. The van der Waals surface area contributed by atoms with Gasteiger partial charge < -0.3 is 15.0 Å². The number of ether oxygens (including phenoxy) is 1. The Balaban J connectivity index is 1.45. The van der Waals surface area contributed by atoms with Gasteiger partial charge in [-0.3, -0.25) is 4.99 Å². The molecule has 2 aliphatic rings. The highest BCUT2D eigenvalue weighted by Crippen LogP contribution is 2.35. The lowest BCUT2D eigenvalue weighted by Crippen LogP contribution is -2.46. The van der Waals surface area contributed by atoms with E-state index in [1.54, 1.807) is 18.9 Å². The first kappa shape index (κ1) is 23.4. The number of nitrogens with zero attached hydrogens (tertiary/aromatic N) is 3. The number of benzene rings is 2. The summed E-state index contributed by atoms with van der Waals surface area (Å²) in [5.74, 6) is 0.715. The molecule has 2 aliphatic heterocycles. The zero-order chi connectivity index (χ0) is 23.6. The van der Waals surface area contributed by atoms with Crippen LogP contribution >= 0.6 is 11.8 Å². The number of nitrogens with one attached hydrogen (secondary N) is 1. The van der Waals surface area contributed by atoms with Crippen molar-refractivity contribution in [2.45, 2.75) is 44.7 Å². The number of rotatable bonds is 3. The summed E-state index contributed by atoms with van der Waals surface area (Å²) in [6.07, 6.45) is 3.48. The molecule has 0 bridgehead atoms. The van der Waals surface area contributed by atoms with Gasteiger partial charge in [0.1, 0.15) is 10.8 Å². The van der Waals surface area contributed by atoms with Crippen molar-refractivity contribution in [1.82, 2.24) is 4.90 Å². The Morgan fingerprint density at radius 2 is 1.79 bits per heavy atom. The van der Waals surface area contributed by atoms with E-state index in [4.69, 9.17) is 14.7 Å². The van der Waals surface area contributed by atoms with E-state index in [2.05, 4.69) is 50.4 Å². The second-order valence-corrected chi connectivity index (χ2v) is 10.3. The van der Waals surface area contributed by atoms with Crippen molar-refractivity contribution in [2.75, 3.05) is 31.8 Å². The van der Waals surface area contributed by atoms with Crippen molar-refractivity contribution in [3.05, 3.63) is 59.7 Å². The van der Waals surface area contributed by atoms with Crippen LogP contribution in [-0.4, -0.2) is 53.8 Å². The van der Waals surface area contributed by atoms with E-state index in [0.717, 1.165) is 22.0 Å². The molecule has 1 spiro atoms. The molecule has 174 valence electrons. The Hall–Kier alpha value is -2.80. The molecule has 0 radical (unpaired) electrons. The number of anilines is 1. The number of thioether (sulfide) groups is 1. The maximum atomic E-state index is 12.8. The molecule has 0 atom stereocenters. The summed E-state index contributed by atoms with van der Waals surface area (Å²) in [5, 5.41) is 3.95. The minimum absolute atomic E-state index is 0.104. The fourth-order valence-corrected chi connectivity index (χ4v) is 4.79. The van der Waals surface area contributed by atoms with Crippen molar-refractivity contribution in [3.63, 3.8) is 0 Å². The van der Waals surface area contributed by atoms with Crippen LogP contribution in [0.3, 0.4) is 0 Å². The second kappa shape index (κ2) is 9.21. The number of urea groups is 1. The summed E-state index contributed by atoms with van der Waals surface area (Å²) in [4.78, 5) is 24.8. The Labute approximate surface area is 200 Å². The molecule has 1 fully saturated rings. The van der Waals surface area contributed by atoms with Crippen molar-refractivity contribution < 1.29 is 9.53 Å². The van der Waals surface area contributed by atoms with Crippen molar-refractivity contribution >= 4 is 34.2 Å². The van der Waals surface area contributed by atoms with Gasteiger partial charge in [0.2, 0.25) is 0 Å². The van der Waals surface area contributed by atoms with Gasteiger partial charge in [0.15, 0.2) is 5.66 Å². The minimum Gasteiger partial charge on any atom is -0.497 e. The van der Waals surface area contributed by atoms with Crippen molar-refractivity contribution in [3.8, 4) is 5.75 Å². The lowest BCUT2D eigenvalue weighted by atomic mass is 9.86. The largest absolute Gasteiger partial charge is 0.497 e. The molecule has 4 rings (SSSR count). The van der Waals surface area contributed by atoms with Crippen molar-refractivity contribution in [2.24, 2.45) is 9.98 Å². The third-order valence-electron chi connectivity index (χ3n) is 6.22. The quantitative estimate of drug-likeness (QED) is 0.645. The number of hydrogen-bond acceptors (Lipinski definition) is 5. The topological polar surface area (TPSA) is 66.3 Å². The molecule has 2 amide bonds. The average molecular weight is 465 g/mol. The molecule has 6 nitrogen and oxygen atoms in total. The highest BCUT2D eigenvalue weighted by molar-refractivity contribution is 8.15. The lowest BCUT2D eigenvalue weighted by molar-refractivity contribution is 0.175. The van der Waals surface area contributed by atoms with E-state index in [1.165, 1.54) is 5.56 Å². The number of hydrogen-bond donors (Lipinski definition) is 1. The first-order chi connectivity index (χ1) is 15.7. The van der Waals surface area contributed by atoms with E-state index in [9.17, 15) is 4.79 Å². The first-order valence-corrected chi connectivity index (χ1v) is 12.5. The maximum absolute atomic E-state index is 12.8. The monoisotopic (exact) mass is 464 g/mol. The Morgan fingerprint density at radius 3 is 2.39 bits per heavy atom. The summed E-state index contributed by atoms with van der Waals surface area (Å²) in [6, 6.07) is 16.0. The van der Waals surface area contributed by atoms with Crippen LogP contribution < -0.4 is 10.1 Å². The molecule has 2 aromatic rings. The molecule has 1 saturated heterocycles. The number of carbonyl (C=O) groups excluding carboxylic acids is 1. The van der Waals surface area contributed by atoms with E-state index in [-0.39, 0.29) is 11.4 Å². The van der Waals surface area contributed by atoms with Crippen LogP contribution in [0.15, 0.2) is 58.5 Å². The molecule has 0 saturated carbocycles. The van der Waals surface area contributed by atoms with Gasteiger partial charge in [-0.2, -0.15) is 0 Å². The van der Waals surface area contributed by atoms with E-state index >= 15 is 0 Å². The van der Waals surface area contributed by atoms with Crippen LogP contribution in [0.2, 0.25) is 0 Å². The normalized spacial score (nSPS) is 17.5. The predicted molar refractivity (Wildman–Crippen MR) is 138 cm³/mol. The van der Waals surface area contributed by atoms with Gasteiger partial charge in [-0.15, -0.1) is 11.8 Å². The zero-order valence-electron chi connectivity index (χ0n) is 20.0. The van der Waals surface area contributed by atoms with Crippen molar-refractivity contribution in [1.29, 1.82) is 0 Å². The highest BCUT2D eigenvalue weighted by Gasteiger charge is 2.40. The van der Waals surface area contributed by atoms with Gasteiger partial charge in [-0.1, -0.05) is 51.1 Å². The summed E-state index contributed by atoms with van der Waals surface area (Å²) >= 11 is 1.64. The van der Waals surface area contributed by atoms with Crippen LogP contribution in [0.25, 0.3) is 0 Å². The predicted octanol–water partition coefficient (Wildman–Crippen LogP) is 5.58. The van der Waals surface area contributed by atoms with Gasteiger partial charge in [0.05, 0.1) is 12.8 Å². The van der Waals surface area contributed by atoms with Gasteiger partial charge in [-0.05, 0) is 29.4 Å². The molecule has 1 N–H and O–H groups in total. The molecule has 0 aromatic heterocycles. The maximum Gasteiger partial charge on any atom is 0.321 e. The fraction of sp³-hybridized carbons (Fsp3) is 0.423. The van der Waals surface area contributed by atoms with Gasteiger partial charge in [-0.25, -0.2) is 9.79 Å². The van der Waals surface area contributed by atoms with Gasteiger partial charge in [0.25, 0.3) is 0 Å². The molecule has 0 aliphatic carbocycles. The number of carbonyl (C=O) groups is 1.